The monoisotopic (exact) mass is 439 g/mol. The topological polar surface area (TPSA) is 110 Å². The third-order valence-electron chi connectivity index (χ3n) is 4.76. The van der Waals surface area contributed by atoms with Crippen LogP contribution in [-0.2, 0) is 10.5 Å². The summed E-state index contributed by atoms with van der Waals surface area (Å²) in [5.74, 6) is 0.0428. The first kappa shape index (κ1) is 22.5. The second-order valence-corrected chi connectivity index (χ2v) is 8.26. The van der Waals surface area contributed by atoms with E-state index >= 15 is 0 Å². The van der Waals surface area contributed by atoms with Gasteiger partial charge in [0, 0.05) is 28.3 Å². The van der Waals surface area contributed by atoms with Crippen LogP contribution in [0.15, 0.2) is 40.0 Å². The van der Waals surface area contributed by atoms with Crippen molar-refractivity contribution in [2.24, 2.45) is 0 Å². The van der Waals surface area contributed by atoms with Crippen LogP contribution in [0.2, 0.25) is 0 Å². The Labute approximate surface area is 185 Å². The zero-order valence-electron chi connectivity index (χ0n) is 18.1. The smallest absolute Gasteiger partial charge is 0.269 e. The average molecular weight is 440 g/mol. The average Bonchev–Trinajstić information content (AvgIpc) is 3.07. The number of benzene rings is 1. The summed E-state index contributed by atoms with van der Waals surface area (Å²) in [6.45, 7) is 9.16. The second-order valence-electron chi connectivity index (χ2n) is 7.32. The highest BCUT2D eigenvalue weighted by Gasteiger charge is 2.23. The number of amides is 2. The van der Waals surface area contributed by atoms with Crippen molar-refractivity contribution in [2.75, 3.05) is 0 Å². The fourth-order valence-electron chi connectivity index (χ4n) is 3.20. The molecule has 2 N–H and O–H groups in total. The van der Waals surface area contributed by atoms with Crippen molar-refractivity contribution in [2.45, 2.75) is 51.4 Å². The van der Waals surface area contributed by atoms with Crippen LogP contribution in [0, 0.1) is 27.7 Å². The summed E-state index contributed by atoms with van der Waals surface area (Å²) >= 11 is 1.54. The minimum Gasteiger partial charge on any atom is -0.361 e. The van der Waals surface area contributed by atoms with Crippen molar-refractivity contribution < 1.29 is 14.1 Å². The quantitative estimate of drug-likeness (QED) is 0.343. The largest absolute Gasteiger partial charge is 0.361 e. The number of hydrazine groups is 1. The van der Waals surface area contributed by atoms with Crippen molar-refractivity contribution in [1.29, 1.82) is 0 Å². The summed E-state index contributed by atoms with van der Waals surface area (Å²) in [4.78, 5) is 33.6. The van der Waals surface area contributed by atoms with Gasteiger partial charge in [0.1, 0.15) is 5.76 Å². The van der Waals surface area contributed by atoms with E-state index in [1.807, 2.05) is 32.0 Å². The molecule has 0 radical (unpaired) electrons. The van der Waals surface area contributed by atoms with Crippen LogP contribution in [-0.4, -0.2) is 26.9 Å². The molecule has 0 aliphatic carbocycles. The number of hydrogen-bond acceptors (Lipinski definition) is 7. The van der Waals surface area contributed by atoms with Crippen molar-refractivity contribution in [3.63, 3.8) is 0 Å². The molecule has 0 bridgehead atoms. The molecule has 8 nitrogen and oxygen atoms in total. The lowest BCUT2D eigenvalue weighted by molar-refractivity contribution is -0.123. The van der Waals surface area contributed by atoms with E-state index in [2.05, 4.69) is 26.0 Å². The van der Waals surface area contributed by atoms with Gasteiger partial charge in [-0.15, -0.1) is 0 Å². The number of nitrogens with one attached hydrogen (secondary N) is 2. The van der Waals surface area contributed by atoms with Gasteiger partial charge in [0.05, 0.1) is 11.6 Å². The maximum atomic E-state index is 12.4. The van der Waals surface area contributed by atoms with Gasteiger partial charge in [0.15, 0.2) is 5.16 Å². The van der Waals surface area contributed by atoms with Crippen LogP contribution in [0.25, 0.3) is 0 Å². The van der Waals surface area contributed by atoms with Crippen molar-refractivity contribution in [3.05, 3.63) is 69.9 Å². The fourth-order valence-corrected chi connectivity index (χ4v) is 4.10. The van der Waals surface area contributed by atoms with Crippen LogP contribution in [0.1, 0.15) is 57.2 Å². The zero-order valence-corrected chi connectivity index (χ0v) is 19.0. The Bertz CT molecular complexity index is 1060. The van der Waals surface area contributed by atoms with Gasteiger partial charge in [-0.2, -0.15) is 0 Å². The van der Waals surface area contributed by atoms with Crippen LogP contribution < -0.4 is 10.9 Å². The maximum absolute atomic E-state index is 12.4. The van der Waals surface area contributed by atoms with Gasteiger partial charge in [-0.25, -0.2) is 9.97 Å². The van der Waals surface area contributed by atoms with Crippen LogP contribution in [0.3, 0.4) is 0 Å². The predicted octanol–water partition coefficient (Wildman–Crippen LogP) is 3.56. The lowest BCUT2D eigenvalue weighted by Gasteiger charge is -2.13. The van der Waals surface area contributed by atoms with E-state index in [9.17, 15) is 9.59 Å². The lowest BCUT2D eigenvalue weighted by atomic mass is 9.99. The molecule has 0 aliphatic rings. The molecule has 2 amide bonds. The van der Waals surface area contributed by atoms with Crippen molar-refractivity contribution >= 4 is 23.6 Å². The first-order valence-electron chi connectivity index (χ1n) is 9.81. The first-order valence-corrected chi connectivity index (χ1v) is 10.8. The van der Waals surface area contributed by atoms with Gasteiger partial charge < -0.3 is 4.52 Å². The van der Waals surface area contributed by atoms with Gasteiger partial charge in [0.2, 0.25) is 5.91 Å². The molecule has 3 rings (SSSR count). The van der Waals surface area contributed by atoms with E-state index in [1.165, 1.54) is 0 Å². The Hall–Kier alpha value is -3.20. The molecule has 9 heteroatoms. The molecule has 162 valence electrons. The zero-order chi connectivity index (χ0) is 22.5. The summed E-state index contributed by atoms with van der Waals surface area (Å²) in [6, 6.07) is 9.12. The highest BCUT2D eigenvalue weighted by Crippen LogP contribution is 2.23. The number of carbonyl (C=O) groups excluding carboxylic acids is 2. The second kappa shape index (κ2) is 9.74. The molecule has 0 aliphatic heterocycles. The van der Waals surface area contributed by atoms with E-state index in [0.29, 0.717) is 22.8 Å². The number of aryl methyl sites for hydroxylation is 4. The highest BCUT2D eigenvalue weighted by molar-refractivity contribution is 7.98. The molecule has 0 saturated heterocycles. The van der Waals surface area contributed by atoms with E-state index < -0.39 is 11.8 Å². The number of aromatic nitrogens is 3. The fraction of sp³-hybridized carbons (Fsp3) is 0.318. The van der Waals surface area contributed by atoms with Crippen LogP contribution in [0.4, 0.5) is 0 Å². The number of nitrogens with zero attached hydrogens (tertiary/aromatic N) is 3. The summed E-state index contributed by atoms with van der Waals surface area (Å²) in [5.41, 5.74) is 9.67. The third kappa shape index (κ3) is 5.69. The molecule has 1 aromatic carbocycles. The molecule has 0 spiro atoms. The molecule has 0 saturated carbocycles. The molecule has 3 aromatic rings. The maximum Gasteiger partial charge on any atom is 0.269 e. The molecule has 31 heavy (non-hydrogen) atoms. The van der Waals surface area contributed by atoms with E-state index in [4.69, 9.17) is 4.52 Å². The summed E-state index contributed by atoms with van der Waals surface area (Å²) in [6.07, 6.45) is 0. The van der Waals surface area contributed by atoms with Gasteiger partial charge in [-0.1, -0.05) is 29.1 Å². The highest BCUT2D eigenvalue weighted by atomic mass is 32.2. The van der Waals surface area contributed by atoms with Gasteiger partial charge in [0.25, 0.3) is 5.91 Å². The van der Waals surface area contributed by atoms with Crippen molar-refractivity contribution in [1.82, 2.24) is 26.0 Å². The Morgan fingerprint density at radius 2 is 1.68 bits per heavy atom. The Kier molecular flexibility index (Phi) is 7.06. The molecule has 1 unspecified atom stereocenters. The van der Waals surface area contributed by atoms with Gasteiger partial charge in [-0.05, 0) is 58.4 Å². The first-order chi connectivity index (χ1) is 14.7. The van der Waals surface area contributed by atoms with E-state index in [-0.39, 0.29) is 5.91 Å². The normalized spacial score (nSPS) is 11.8. The Morgan fingerprint density at radius 3 is 2.26 bits per heavy atom. The predicted molar refractivity (Wildman–Crippen MR) is 118 cm³/mol. The number of hydrogen-bond donors (Lipinski definition) is 2. The minimum atomic E-state index is -0.501. The standard InChI is InChI=1S/C22H25N5O3S/c1-12-10-13(2)24-22(23-12)31-11-17-6-8-18(9-7-17)21(29)26-25-20(28)14(3)19-15(4)27-30-16(19)5/h6-10,14H,11H2,1-5H3,(H,25,28)(H,26,29). The molecule has 2 aromatic heterocycles. The molecule has 1 atom stereocenters. The lowest BCUT2D eigenvalue weighted by Crippen LogP contribution is -2.43. The van der Waals surface area contributed by atoms with Crippen LogP contribution in [0.5, 0.6) is 0 Å². The molecular formula is C22H25N5O3S. The third-order valence-corrected chi connectivity index (χ3v) is 5.68. The van der Waals surface area contributed by atoms with Crippen molar-refractivity contribution in [3.8, 4) is 0 Å². The number of carbonyl (C=O) groups is 2. The molecular weight excluding hydrogens is 414 g/mol. The van der Waals surface area contributed by atoms with E-state index in [0.717, 1.165) is 27.7 Å². The molecule has 0 fully saturated rings. The summed E-state index contributed by atoms with van der Waals surface area (Å²) in [5, 5.41) is 4.59. The number of rotatable bonds is 6. The summed E-state index contributed by atoms with van der Waals surface area (Å²) < 4.78 is 5.11. The number of thioether (sulfide) groups is 1. The Balaban J connectivity index is 1.53. The van der Waals surface area contributed by atoms with Gasteiger partial charge in [-0.3, -0.25) is 20.4 Å². The van der Waals surface area contributed by atoms with E-state index in [1.54, 1.807) is 44.7 Å². The molecule has 2 heterocycles. The van der Waals surface area contributed by atoms with Gasteiger partial charge >= 0.3 is 0 Å². The summed E-state index contributed by atoms with van der Waals surface area (Å²) in [7, 11) is 0. The minimum absolute atomic E-state index is 0.343. The van der Waals surface area contributed by atoms with Crippen LogP contribution >= 0.6 is 11.8 Å². The Morgan fingerprint density at radius 1 is 1.03 bits per heavy atom. The SMILES string of the molecule is Cc1cc(C)nc(SCc2ccc(C(=O)NNC(=O)C(C)c3c(C)noc3C)cc2)n1.